The van der Waals surface area contributed by atoms with E-state index in [0.717, 1.165) is 0 Å². The molecule has 0 saturated carbocycles. The molecule has 8 heteroatoms. The number of hydrogen-bond acceptors (Lipinski definition) is 4. The van der Waals surface area contributed by atoms with Crippen LogP contribution in [0.25, 0.3) is 0 Å². The molecule has 1 heterocycles. The van der Waals surface area contributed by atoms with Gasteiger partial charge in [-0.05, 0) is 12.1 Å². The molecule has 0 aliphatic rings. The summed E-state index contributed by atoms with van der Waals surface area (Å²) in [5, 5.41) is 8.75. The number of H-pyrrole nitrogens is 1. The van der Waals surface area contributed by atoms with E-state index in [4.69, 9.17) is 0 Å². The molecule has 106 valence electrons. The maximum Gasteiger partial charge on any atom is 0.258 e. The Morgan fingerprint density at radius 1 is 1.35 bits per heavy atom. The van der Waals surface area contributed by atoms with Gasteiger partial charge in [-0.2, -0.15) is 5.10 Å². The van der Waals surface area contributed by atoms with E-state index in [0.29, 0.717) is 5.56 Å². The monoisotopic (exact) mass is 294 g/mol. The van der Waals surface area contributed by atoms with E-state index in [1.807, 2.05) is 0 Å². The van der Waals surface area contributed by atoms with Gasteiger partial charge in [-0.3, -0.25) is 9.89 Å². The average Bonchev–Trinajstić information content (AvgIpc) is 2.93. The van der Waals surface area contributed by atoms with Gasteiger partial charge in [0.15, 0.2) is 0 Å². The largest absolute Gasteiger partial charge is 0.321 e. The molecule has 0 atom stereocenters. The maximum absolute atomic E-state index is 12.0. The Balaban J connectivity index is 2.32. The lowest BCUT2D eigenvalue weighted by Gasteiger charge is -2.11. The molecular weight excluding hydrogens is 280 g/mol. The Morgan fingerprint density at radius 3 is 2.75 bits per heavy atom. The first-order valence-electron chi connectivity index (χ1n) is 5.93. The number of carbonyl (C=O) groups excluding carboxylic acids is 1. The predicted molar refractivity (Wildman–Crippen MR) is 73.8 cm³/mol. The second-order valence-electron chi connectivity index (χ2n) is 3.94. The van der Waals surface area contributed by atoms with E-state index >= 15 is 0 Å². The van der Waals surface area contributed by atoms with Gasteiger partial charge in [0.25, 0.3) is 5.91 Å². The SMILES string of the molecule is CCNS(=O)(=O)c1ccccc1NC(=O)c1cn[nH]c1. The van der Waals surface area contributed by atoms with Crippen LogP contribution in [-0.2, 0) is 10.0 Å². The average molecular weight is 294 g/mol. The zero-order chi connectivity index (χ0) is 14.6. The van der Waals surface area contributed by atoms with Crippen LogP contribution in [0.2, 0.25) is 0 Å². The number of nitrogens with one attached hydrogen (secondary N) is 3. The molecule has 0 fully saturated rings. The number of benzene rings is 1. The Morgan fingerprint density at radius 2 is 2.10 bits per heavy atom. The first-order valence-corrected chi connectivity index (χ1v) is 7.41. The summed E-state index contributed by atoms with van der Waals surface area (Å²) in [5.41, 5.74) is 0.542. The van der Waals surface area contributed by atoms with Crippen molar-refractivity contribution in [2.24, 2.45) is 0 Å². The smallest absolute Gasteiger partial charge is 0.258 e. The molecule has 2 rings (SSSR count). The van der Waals surface area contributed by atoms with Crippen molar-refractivity contribution in [3.63, 3.8) is 0 Å². The summed E-state index contributed by atoms with van der Waals surface area (Å²) in [7, 11) is -3.64. The van der Waals surface area contributed by atoms with Crippen LogP contribution in [0, 0.1) is 0 Å². The van der Waals surface area contributed by atoms with Crippen LogP contribution < -0.4 is 10.0 Å². The van der Waals surface area contributed by atoms with Crippen LogP contribution >= 0.6 is 0 Å². The van der Waals surface area contributed by atoms with Crippen molar-refractivity contribution in [1.82, 2.24) is 14.9 Å². The first kappa shape index (κ1) is 14.2. The van der Waals surface area contributed by atoms with Crippen molar-refractivity contribution in [3.8, 4) is 0 Å². The Labute approximate surface area is 116 Å². The van der Waals surface area contributed by atoms with Crippen molar-refractivity contribution < 1.29 is 13.2 Å². The van der Waals surface area contributed by atoms with Crippen LogP contribution in [0.15, 0.2) is 41.6 Å². The predicted octanol–water partition coefficient (Wildman–Crippen LogP) is 0.960. The van der Waals surface area contributed by atoms with E-state index in [9.17, 15) is 13.2 Å². The lowest BCUT2D eigenvalue weighted by atomic mass is 10.3. The summed E-state index contributed by atoms with van der Waals surface area (Å²) in [6.45, 7) is 1.95. The minimum Gasteiger partial charge on any atom is -0.321 e. The van der Waals surface area contributed by atoms with Gasteiger partial charge < -0.3 is 5.32 Å². The molecule has 2 aromatic rings. The number of aromatic amines is 1. The normalized spacial score (nSPS) is 11.2. The van der Waals surface area contributed by atoms with Gasteiger partial charge in [0.1, 0.15) is 4.90 Å². The Bertz CT molecular complexity index is 695. The second-order valence-corrected chi connectivity index (χ2v) is 5.67. The topological polar surface area (TPSA) is 104 Å². The number of para-hydroxylation sites is 1. The highest BCUT2D eigenvalue weighted by atomic mass is 32.2. The molecule has 7 nitrogen and oxygen atoms in total. The summed E-state index contributed by atoms with van der Waals surface area (Å²) in [6.07, 6.45) is 2.79. The Hall–Kier alpha value is -2.19. The zero-order valence-electron chi connectivity index (χ0n) is 10.8. The number of carbonyl (C=O) groups is 1. The van der Waals surface area contributed by atoms with E-state index in [1.54, 1.807) is 19.1 Å². The van der Waals surface area contributed by atoms with Crippen molar-refractivity contribution in [1.29, 1.82) is 0 Å². The highest BCUT2D eigenvalue weighted by Gasteiger charge is 2.18. The molecular formula is C12H14N4O3S. The summed E-state index contributed by atoms with van der Waals surface area (Å²) >= 11 is 0. The van der Waals surface area contributed by atoms with Gasteiger partial charge in [-0.25, -0.2) is 13.1 Å². The van der Waals surface area contributed by atoms with Crippen molar-refractivity contribution in [3.05, 3.63) is 42.2 Å². The highest BCUT2D eigenvalue weighted by molar-refractivity contribution is 7.89. The maximum atomic E-state index is 12.0. The van der Waals surface area contributed by atoms with Gasteiger partial charge >= 0.3 is 0 Å². The number of nitrogens with zero attached hydrogens (tertiary/aromatic N) is 1. The van der Waals surface area contributed by atoms with Crippen LogP contribution in [0.3, 0.4) is 0 Å². The van der Waals surface area contributed by atoms with Gasteiger partial charge in [0, 0.05) is 12.7 Å². The molecule has 1 aromatic heterocycles. The second kappa shape index (κ2) is 5.85. The number of aromatic nitrogens is 2. The third-order valence-electron chi connectivity index (χ3n) is 2.52. The van der Waals surface area contributed by atoms with Gasteiger partial charge in [0.05, 0.1) is 17.4 Å². The van der Waals surface area contributed by atoms with Crippen LogP contribution in [-0.4, -0.2) is 31.1 Å². The quantitative estimate of drug-likeness (QED) is 0.764. The summed E-state index contributed by atoms with van der Waals surface area (Å²) < 4.78 is 26.5. The minimum atomic E-state index is -3.64. The zero-order valence-corrected chi connectivity index (χ0v) is 11.6. The molecule has 0 spiro atoms. The van der Waals surface area contributed by atoms with Crippen molar-refractivity contribution in [2.45, 2.75) is 11.8 Å². The number of rotatable bonds is 5. The molecule has 0 bridgehead atoms. The van der Waals surface area contributed by atoms with E-state index in [1.165, 1.54) is 24.5 Å². The standard InChI is InChI=1S/C12H14N4O3S/c1-2-15-20(18,19)11-6-4-3-5-10(11)16-12(17)9-7-13-14-8-9/h3-8,15H,2H2,1H3,(H,13,14)(H,16,17). The van der Waals surface area contributed by atoms with Gasteiger partial charge in [-0.15, -0.1) is 0 Å². The number of hydrogen-bond donors (Lipinski definition) is 3. The van der Waals surface area contributed by atoms with Crippen LogP contribution in [0.5, 0.6) is 0 Å². The fraction of sp³-hybridized carbons (Fsp3) is 0.167. The number of anilines is 1. The third-order valence-corrected chi connectivity index (χ3v) is 4.12. The fourth-order valence-corrected chi connectivity index (χ4v) is 2.84. The van der Waals surface area contributed by atoms with E-state index in [2.05, 4.69) is 20.2 Å². The molecule has 1 aromatic carbocycles. The molecule has 0 aliphatic heterocycles. The van der Waals surface area contributed by atoms with Crippen molar-refractivity contribution in [2.75, 3.05) is 11.9 Å². The van der Waals surface area contributed by atoms with Gasteiger partial charge in [-0.1, -0.05) is 19.1 Å². The molecule has 20 heavy (non-hydrogen) atoms. The van der Waals surface area contributed by atoms with Crippen LogP contribution in [0.4, 0.5) is 5.69 Å². The lowest BCUT2D eigenvalue weighted by Crippen LogP contribution is -2.25. The molecule has 0 unspecified atom stereocenters. The fourth-order valence-electron chi connectivity index (χ4n) is 1.64. The first-order chi connectivity index (χ1) is 9.54. The lowest BCUT2D eigenvalue weighted by molar-refractivity contribution is 0.102. The molecule has 1 amide bonds. The number of amides is 1. The third kappa shape index (κ3) is 3.03. The summed E-state index contributed by atoms with van der Waals surface area (Å²) in [5.74, 6) is -0.433. The van der Waals surface area contributed by atoms with Crippen LogP contribution in [0.1, 0.15) is 17.3 Å². The molecule has 0 radical (unpaired) electrons. The highest BCUT2D eigenvalue weighted by Crippen LogP contribution is 2.21. The van der Waals surface area contributed by atoms with Crippen molar-refractivity contribution >= 4 is 21.6 Å². The number of sulfonamides is 1. The summed E-state index contributed by atoms with van der Waals surface area (Å²) in [6, 6.07) is 6.21. The Kier molecular flexibility index (Phi) is 4.16. The minimum absolute atomic E-state index is 0.0266. The van der Waals surface area contributed by atoms with Gasteiger partial charge in [0.2, 0.25) is 10.0 Å². The van der Waals surface area contributed by atoms with E-state index in [-0.39, 0.29) is 17.1 Å². The molecule has 0 aliphatic carbocycles. The molecule has 3 N–H and O–H groups in total. The summed E-state index contributed by atoms with van der Waals surface area (Å²) in [4.78, 5) is 12.0. The van der Waals surface area contributed by atoms with E-state index < -0.39 is 15.9 Å². The molecule has 0 saturated heterocycles.